The highest BCUT2D eigenvalue weighted by molar-refractivity contribution is 7.99. The molecular weight excluding hydrogens is 509 g/mol. The fraction of sp³-hybridized carbons (Fsp3) is 0.217. The van der Waals surface area contributed by atoms with Crippen molar-refractivity contribution in [2.24, 2.45) is 0 Å². The molecule has 174 valence electrons. The molecule has 34 heavy (non-hydrogen) atoms. The molecule has 1 N–H and O–H groups in total. The molecule has 1 aliphatic heterocycles. The van der Waals surface area contributed by atoms with Gasteiger partial charge in [0.15, 0.2) is 10.3 Å². The second-order valence-corrected chi connectivity index (χ2v) is 10.6. The summed E-state index contributed by atoms with van der Waals surface area (Å²) in [5.41, 5.74) is 0.880. The van der Waals surface area contributed by atoms with E-state index in [1.54, 1.807) is 12.3 Å². The molecule has 5 rings (SSSR count). The highest BCUT2D eigenvalue weighted by atomic mass is 35.5. The second-order valence-electron chi connectivity index (χ2n) is 7.73. The average Bonchev–Trinajstić information content (AvgIpc) is 3.28. The van der Waals surface area contributed by atoms with Crippen molar-refractivity contribution in [1.29, 1.82) is 0 Å². The Morgan fingerprint density at radius 3 is 2.53 bits per heavy atom. The number of piperazine rings is 1. The molecule has 11 heteroatoms. The Kier molecular flexibility index (Phi) is 7.17. The molecule has 1 fully saturated rings. The van der Waals surface area contributed by atoms with Gasteiger partial charge in [0.2, 0.25) is 11.9 Å². The number of halogens is 2. The maximum atomic E-state index is 6.38. The topological polar surface area (TPSA) is 70.1 Å². The van der Waals surface area contributed by atoms with E-state index in [9.17, 15) is 0 Å². The van der Waals surface area contributed by atoms with Crippen LogP contribution in [0.3, 0.4) is 0 Å². The van der Waals surface area contributed by atoms with Gasteiger partial charge in [-0.3, -0.25) is 5.32 Å². The Morgan fingerprint density at radius 1 is 0.971 bits per heavy atom. The molecule has 0 spiro atoms. The van der Waals surface area contributed by atoms with Gasteiger partial charge in [-0.05, 0) is 43.1 Å². The number of hydrogen-bond donors (Lipinski definition) is 1. The maximum absolute atomic E-state index is 6.38. The molecule has 0 unspecified atom stereocenters. The van der Waals surface area contributed by atoms with Crippen molar-refractivity contribution in [3.63, 3.8) is 0 Å². The second kappa shape index (κ2) is 10.5. The number of benzene rings is 2. The molecular formula is C23H21Cl2N7S2. The lowest BCUT2D eigenvalue weighted by atomic mass is 10.2. The minimum absolute atomic E-state index is 0.463. The molecule has 2 aromatic heterocycles. The Hall–Kier alpha value is -2.43. The van der Waals surface area contributed by atoms with Crippen LogP contribution in [0.1, 0.15) is 0 Å². The van der Waals surface area contributed by atoms with Gasteiger partial charge in [0.1, 0.15) is 0 Å². The largest absolute Gasteiger partial charge is 0.338 e. The Balaban J connectivity index is 1.42. The summed E-state index contributed by atoms with van der Waals surface area (Å²) in [4.78, 5) is 25.1. The van der Waals surface area contributed by atoms with Crippen LogP contribution in [-0.4, -0.2) is 58.1 Å². The van der Waals surface area contributed by atoms with E-state index in [1.807, 2.05) is 42.5 Å². The number of rotatable bonds is 6. The first kappa shape index (κ1) is 23.3. The Labute approximate surface area is 216 Å². The lowest BCUT2D eigenvalue weighted by Gasteiger charge is -2.32. The number of anilines is 3. The first-order valence-corrected chi connectivity index (χ1v) is 13.0. The smallest absolute Gasteiger partial charge is 0.234 e. The van der Waals surface area contributed by atoms with Gasteiger partial charge >= 0.3 is 0 Å². The van der Waals surface area contributed by atoms with Gasteiger partial charge in [-0.25, -0.2) is 4.98 Å². The Morgan fingerprint density at radius 2 is 1.76 bits per heavy atom. The van der Waals surface area contributed by atoms with Crippen LogP contribution in [-0.2, 0) is 0 Å². The van der Waals surface area contributed by atoms with E-state index in [4.69, 9.17) is 33.2 Å². The van der Waals surface area contributed by atoms with Gasteiger partial charge in [-0.15, -0.1) is 0 Å². The van der Waals surface area contributed by atoms with Gasteiger partial charge in [-0.1, -0.05) is 58.8 Å². The lowest BCUT2D eigenvalue weighted by molar-refractivity contribution is 0.311. The third-order valence-corrected chi connectivity index (χ3v) is 7.63. The number of hydrogen-bond acceptors (Lipinski definition) is 9. The molecule has 0 atom stereocenters. The third kappa shape index (κ3) is 5.61. The molecule has 2 aromatic carbocycles. The quantitative estimate of drug-likeness (QED) is 0.328. The molecule has 1 aliphatic rings. The third-order valence-electron chi connectivity index (χ3n) is 5.26. The number of aromatic nitrogens is 4. The number of nitrogens with zero attached hydrogens (tertiary/aromatic N) is 6. The van der Waals surface area contributed by atoms with Crippen molar-refractivity contribution in [2.75, 3.05) is 43.4 Å². The zero-order valence-electron chi connectivity index (χ0n) is 18.3. The lowest BCUT2D eigenvalue weighted by Crippen LogP contribution is -2.45. The van der Waals surface area contributed by atoms with Crippen LogP contribution in [0.2, 0.25) is 10.0 Å². The van der Waals surface area contributed by atoms with Crippen LogP contribution in [0.15, 0.2) is 64.8 Å². The predicted molar refractivity (Wildman–Crippen MR) is 141 cm³/mol. The van der Waals surface area contributed by atoms with E-state index in [2.05, 4.69) is 32.1 Å². The molecule has 0 bridgehead atoms. The van der Waals surface area contributed by atoms with Gasteiger partial charge < -0.3 is 9.80 Å². The van der Waals surface area contributed by atoms with Crippen molar-refractivity contribution in [3.8, 4) is 10.4 Å². The van der Waals surface area contributed by atoms with Gasteiger partial charge in [-0.2, -0.15) is 15.0 Å². The fourth-order valence-corrected chi connectivity index (χ4v) is 5.61. The van der Waals surface area contributed by atoms with Gasteiger partial charge in [0, 0.05) is 47.9 Å². The molecule has 0 radical (unpaired) electrons. The molecule has 4 aromatic rings. The van der Waals surface area contributed by atoms with E-state index in [-0.39, 0.29) is 0 Å². The van der Waals surface area contributed by atoms with E-state index in [0.29, 0.717) is 32.2 Å². The summed E-state index contributed by atoms with van der Waals surface area (Å²) in [6.45, 7) is 3.67. The number of thiazole rings is 1. The van der Waals surface area contributed by atoms with Crippen LogP contribution in [0.25, 0.3) is 10.4 Å². The van der Waals surface area contributed by atoms with Crippen LogP contribution in [0, 0.1) is 0 Å². The average molecular weight is 531 g/mol. The van der Waals surface area contributed by atoms with Crippen molar-refractivity contribution in [2.45, 2.75) is 10.1 Å². The van der Waals surface area contributed by atoms with Gasteiger partial charge in [0.05, 0.1) is 9.90 Å². The minimum Gasteiger partial charge on any atom is -0.338 e. The van der Waals surface area contributed by atoms with Crippen molar-refractivity contribution in [3.05, 3.63) is 64.8 Å². The summed E-state index contributed by atoms with van der Waals surface area (Å²) in [6.07, 6.45) is 1.78. The summed E-state index contributed by atoms with van der Waals surface area (Å²) in [5.74, 6) is 1.13. The fourth-order valence-electron chi connectivity index (χ4n) is 3.43. The van der Waals surface area contributed by atoms with Gasteiger partial charge in [0.25, 0.3) is 0 Å². The highest BCUT2D eigenvalue weighted by Gasteiger charge is 2.19. The standard InChI is InChI=1S/C23H21Cl2N7S2/c1-31-9-11-32(12-10-31)21-27-20(29-23(30-21)33-16-5-3-2-4-6-16)28-22-26-14-19(34-22)17-8-7-15(24)13-18(17)25/h2-8,13-14H,9-12H2,1H3,(H,26,27,28,29,30). The summed E-state index contributed by atoms with van der Waals surface area (Å²) in [6, 6.07) is 15.5. The van der Waals surface area contributed by atoms with Crippen LogP contribution in [0.5, 0.6) is 0 Å². The molecule has 0 amide bonds. The number of nitrogens with one attached hydrogen (secondary N) is 1. The molecule has 0 saturated carbocycles. The van der Waals surface area contributed by atoms with Crippen molar-refractivity contribution in [1.82, 2.24) is 24.8 Å². The summed E-state index contributed by atoms with van der Waals surface area (Å²) in [5, 5.41) is 5.76. The molecule has 3 heterocycles. The van der Waals surface area contributed by atoms with Crippen molar-refractivity contribution < 1.29 is 0 Å². The zero-order valence-corrected chi connectivity index (χ0v) is 21.4. The van der Waals surface area contributed by atoms with Crippen molar-refractivity contribution >= 4 is 63.3 Å². The molecule has 7 nitrogen and oxygen atoms in total. The monoisotopic (exact) mass is 529 g/mol. The van der Waals surface area contributed by atoms with Crippen LogP contribution in [0.4, 0.5) is 17.0 Å². The van der Waals surface area contributed by atoms with Crippen LogP contribution < -0.4 is 10.2 Å². The predicted octanol–water partition coefficient (Wildman–Crippen LogP) is 5.95. The van der Waals surface area contributed by atoms with Crippen LogP contribution >= 0.6 is 46.3 Å². The maximum Gasteiger partial charge on any atom is 0.234 e. The van der Waals surface area contributed by atoms with E-state index < -0.39 is 0 Å². The van der Waals surface area contributed by atoms with E-state index >= 15 is 0 Å². The molecule has 0 aliphatic carbocycles. The zero-order chi connectivity index (χ0) is 23.5. The first-order chi connectivity index (χ1) is 16.5. The van der Waals surface area contributed by atoms with E-state index in [1.165, 1.54) is 23.1 Å². The summed E-state index contributed by atoms with van der Waals surface area (Å²) in [7, 11) is 2.13. The normalized spacial score (nSPS) is 14.4. The number of likely N-dealkylation sites (N-methyl/N-ethyl adjacent to an activating group) is 1. The summed E-state index contributed by atoms with van der Waals surface area (Å²) < 4.78 is 0. The SMILES string of the molecule is CN1CCN(c2nc(Nc3ncc(-c4ccc(Cl)cc4Cl)s3)nc(Sc3ccccc3)n2)CC1. The highest BCUT2D eigenvalue weighted by Crippen LogP contribution is 2.36. The Bertz CT molecular complexity index is 1280. The first-order valence-electron chi connectivity index (χ1n) is 10.6. The van der Waals surface area contributed by atoms with E-state index in [0.717, 1.165) is 41.5 Å². The minimum atomic E-state index is 0.463. The summed E-state index contributed by atoms with van der Waals surface area (Å²) >= 11 is 15.4. The molecule has 1 saturated heterocycles.